The minimum absolute atomic E-state index is 0.162. The van der Waals surface area contributed by atoms with Crippen molar-refractivity contribution in [1.29, 1.82) is 0 Å². The van der Waals surface area contributed by atoms with Crippen molar-refractivity contribution in [3.05, 3.63) is 35.4 Å². The van der Waals surface area contributed by atoms with Gasteiger partial charge in [-0.2, -0.15) is 0 Å². The van der Waals surface area contributed by atoms with Crippen LogP contribution in [0.25, 0.3) is 0 Å². The molecule has 1 aromatic carbocycles. The third-order valence-electron chi connectivity index (χ3n) is 5.63. The van der Waals surface area contributed by atoms with Crippen molar-refractivity contribution in [3.8, 4) is 0 Å². The summed E-state index contributed by atoms with van der Waals surface area (Å²) in [4.78, 5) is 29.9. The third kappa shape index (κ3) is 6.76. The van der Waals surface area contributed by atoms with Crippen LogP contribution in [-0.2, 0) is 11.3 Å². The third-order valence-corrected chi connectivity index (χ3v) is 5.63. The monoisotopic (exact) mass is 401 g/mol. The zero-order valence-corrected chi connectivity index (χ0v) is 17.9. The Morgan fingerprint density at radius 3 is 2.45 bits per heavy atom. The number of carbonyl (C=O) groups is 2. The first-order valence-corrected chi connectivity index (χ1v) is 10.7. The van der Waals surface area contributed by atoms with E-state index in [0.29, 0.717) is 12.1 Å². The van der Waals surface area contributed by atoms with Crippen molar-refractivity contribution >= 4 is 17.8 Å². The lowest BCUT2D eigenvalue weighted by Crippen LogP contribution is -2.40. The quantitative estimate of drug-likeness (QED) is 0.436. The van der Waals surface area contributed by atoms with Crippen molar-refractivity contribution in [3.63, 3.8) is 0 Å². The zero-order chi connectivity index (χ0) is 21.2. The van der Waals surface area contributed by atoms with Gasteiger partial charge in [0.05, 0.1) is 13.1 Å². The van der Waals surface area contributed by atoms with E-state index in [1.165, 1.54) is 19.3 Å². The topological polar surface area (TPSA) is 99.8 Å². The van der Waals surface area contributed by atoms with Gasteiger partial charge in [-0.3, -0.25) is 9.59 Å². The zero-order valence-electron chi connectivity index (χ0n) is 17.9. The van der Waals surface area contributed by atoms with Crippen LogP contribution in [0.4, 0.5) is 0 Å². The highest BCUT2D eigenvalue weighted by Crippen LogP contribution is 2.28. The van der Waals surface area contributed by atoms with Gasteiger partial charge in [0.15, 0.2) is 5.96 Å². The number of primary amides is 1. The van der Waals surface area contributed by atoms with Crippen LogP contribution in [0.15, 0.2) is 29.3 Å². The molecule has 1 fully saturated rings. The normalized spacial score (nSPS) is 16.9. The van der Waals surface area contributed by atoms with Crippen LogP contribution in [0.5, 0.6) is 0 Å². The number of rotatable bonds is 9. The molecular formula is C22H35N5O2. The smallest absolute Gasteiger partial charge is 0.251 e. The Kier molecular flexibility index (Phi) is 8.96. The minimum Gasteiger partial charge on any atom is -0.368 e. The lowest BCUT2D eigenvalue weighted by molar-refractivity contribution is -0.117. The second-order valence-corrected chi connectivity index (χ2v) is 7.59. The Morgan fingerprint density at radius 1 is 1.17 bits per heavy atom. The van der Waals surface area contributed by atoms with E-state index >= 15 is 0 Å². The standard InChI is InChI=1S/C22H35N5O2/c1-4-17(5-2)19-11-12-27(15-19)22(24-6-3)26-13-16-7-9-18(10-8-16)21(29)25-14-20(23)28/h7-10,17,19H,4-6,11-15H2,1-3H3,(H2,23,28)(H,24,26)(H,25,29). The van der Waals surface area contributed by atoms with Gasteiger partial charge in [0.25, 0.3) is 5.91 Å². The molecule has 1 heterocycles. The maximum Gasteiger partial charge on any atom is 0.251 e. The lowest BCUT2D eigenvalue weighted by Gasteiger charge is -2.24. The minimum atomic E-state index is -0.561. The van der Waals surface area contributed by atoms with Crippen molar-refractivity contribution in [1.82, 2.24) is 15.5 Å². The molecule has 29 heavy (non-hydrogen) atoms. The molecule has 7 nitrogen and oxygen atoms in total. The summed E-state index contributed by atoms with van der Waals surface area (Å²) in [6, 6.07) is 7.27. The molecule has 1 atom stereocenters. The molecule has 0 aromatic heterocycles. The molecule has 1 aliphatic heterocycles. The molecule has 1 saturated heterocycles. The molecule has 0 saturated carbocycles. The van der Waals surface area contributed by atoms with Crippen LogP contribution < -0.4 is 16.4 Å². The van der Waals surface area contributed by atoms with Gasteiger partial charge in [-0.15, -0.1) is 0 Å². The van der Waals surface area contributed by atoms with E-state index in [-0.39, 0.29) is 12.5 Å². The van der Waals surface area contributed by atoms with E-state index in [0.717, 1.165) is 43.0 Å². The van der Waals surface area contributed by atoms with E-state index in [9.17, 15) is 9.59 Å². The number of hydrogen-bond acceptors (Lipinski definition) is 3. The van der Waals surface area contributed by atoms with Gasteiger partial charge in [0.2, 0.25) is 5.91 Å². The summed E-state index contributed by atoms with van der Waals surface area (Å²) in [6.45, 7) is 10.0. The highest BCUT2D eigenvalue weighted by atomic mass is 16.2. The second-order valence-electron chi connectivity index (χ2n) is 7.59. The van der Waals surface area contributed by atoms with Gasteiger partial charge < -0.3 is 21.3 Å². The fourth-order valence-electron chi connectivity index (χ4n) is 3.94. The van der Waals surface area contributed by atoms with E-state index in [2.05, 4.69) is 36.3 Å². The van der Waals surface area contributed by atoms with Crippen LogP contribution in [-0.4, -0.2) is 48.9 Å². The maximum absolute atomic E-state index is 12.0. The highest BCUT2D eigenvalue weighted by molar-refractivity contribution is 5.96. The molecule has 2 amide bonds. The van der Waals surface area contributed by atoms with Crippen LogP contribution >= 0.6 is 0 Å². The molecule has 7 heteroatoms. The number of nitrogens with two attached hydrogens (primary N) is 1. The Bertz CT molecular complexity index is 698. The summed E-state index contributed by atoms with van der Waals surface area (Å²) in [6.07, 6.45) is 3.70. The van der Waals surface area contributed by atoms with E-state index in [4.69, 9.17) is 10.7 Å². The number of hydrogen-bond donors (Lipinski definition) is 3. The van der Waals surface area contributed by atoms with Gasteiger partial charge in [0.1, 0.15) is 0 Å². The second kappa shape index (κ2) is 11.4. The first-order chi connectivity index (χ1) is 14.0. The van der Waals surface area contributed by atoms with Gasteiger partial charge >= 0.3 is 0 Å². The SMILES string of the molecule is CCNC(=NCc1ccc(C(=O)NCC(N)=O)cc1)N1CCC(C(CC)CC)C1. The number of aliphatic imine (C=N–C) groups is 1. The molecule has 1 aliphatic rings. The molecule has 0 radical (unpaired) electrons. The van der Waals surface area contributed by atoms with Crippen molar-refractivity contribution in [2.75, 3.05) is 26.2 Å². The fraction of sp³-hybridized carbons (Fsp3) is 0.591. The Labute approximate surface area is 174 Å². The van der Waals surface area contributed by atoms with Gasteiger partial charge in [-0.05, 0) is 42.9 Å². The van der Waals surface area contributed by atoms with Crippen LogP contribution in [0, 0.1) is 11.8 Å². The molecule has 2 rings (SSSR count). The molecule has 1 aromatic rings. The van der Waals surface area contributed by atoms with E-state index in [1.54, 1.807) is 12.1 Å². The summed E-state index contributed by atoms with van der Waals surface area (Å²) in [5, 5.41) is 5.90. The Hall–Kier alpha value is -2.57. The summed E-state index contributed by atoms with van der Waals surface area (Å²) < 4.78 is 0. The summed E-state index contributed by atoms with van der Waals surface area (Å²) in [5.74, 6) is 1.62. The highest BCUT2D eigenvalue weighted by Gasteiger charge is 2.29. The van der Waals surface area contributed by atoms with Crippen molar-refractivity contribution in [2.24, 2.45) is 22.6 Å². The number of guanidine groups is 1. The first-order valence-electron chi connectivity index (χ1n) is 10.7. The van der Waals surface area contributed by atoms with Gasteiger partial charge in [-0.25, -0.2) is 4.99 Å². The number of nitrogens with zero attached hydrogens (tertiary/aromatic N) is 2. The number of amides is 2. The first kappa shape index (κ1) is 22.7. The maximum atomic E-state index is 12.0. The van der Waals surface area contributed by atoms with E-state index in [1.807, 2.05) is 12.1 Å². The summed E-state index contributed by atoms with van der Waals surface area (Å²) in [5.41, 5.74) is 6.58. The average molecular weight is 402 g/mol. The largest absolute Gasteiger partial charge is 0.368 e. The molecule has 0 spiro atoms. The molecule has 4 N–H and O–H groups in total. The van der Waals surface area contributed by atoms with Crippen molar-refractivity contribution < 1.29 is 9.59 Å². The molecule has 0 bridgehead atoms. The van der Waals surface area contributed by atoms with Crippen LogP contribution in [0.1, 0.15) is 56.0 Å². The Morgan fingerprint density at radius 2 is 1.86 bits per heavy atom. The average Bonchev–Trinajstić information content (AvgIpc) is 3.20. The molecular weight excluding hydrogens is 366 g/mol. The van der Waals surface area contributed by atoms with Gasteiger partial charge in [0, 0.05) is 25.2 Å². The Balaban J connectivity index is 1.98. The number of nitrogens with one attached hydrogen (secondary N) is 2. The number of carbonyl (C=O) groups excluding carboxylic acids is 2. The predicted octanol–water partition coefficient (Wildman–Crippen LogP) is 2.13. The van der Waals surface area contributed by atoms with Crippen LogP contribution in [0.3, 0.4) is 0 Å². The van der Waals surface area contributed by atoms with Crippen LogP contribution in [0.2, 0.25) is 0 Å². The lowest BCUT2D eigenvalue weighted by atomic mass is 9.87. The van der Waals surface area contributed by atoms with Crippen molar-refractivity contribution in [2.45, 2.75) is 46.6 Å². The fourth-order valence-corrected chi connectivity index (χ4v) is 3.94. The molecule has 0 aliphatic carbocycles. The predicted molar refractivity (Wildman–Crippen MR) is 117 cm³/mol. The van der Waals surface area contributed by atoms with Gasteiger partial charge in [-0.1, -0.05) is 38.8 Å². The molecule has 1 unspecified atom stereocenters. The van der Waals surface area contributed by atoms with E-state index < -0.39 is 5.91 Å². The summed E-state index contributed by atoms with van der Waals surface area (Å²) >= 11 is 0. The number of benzene rings is 1. The molecule has 160 valence electrons. The number of likely N-dealkylation sites (tertiary alicyclic amines) is 1. The summed E-state index contributed by atoms with van der Waals surface area (Å²) in [7, 11) is 0.